The summed E-state index contributed by atoms with van der Waals surface area (Å²) in [6, 6.07) is 5.12. The van der Waals surface area contributed by atoms with Gasteiger partial charge in [-0.2, -0.15) is 0 Å². The van der Waals surface area contributed by atoms with Crippen LogP contribution in [0.4, 0.5) is 24.5 Å². The Labute approximate surface area is 120 Å². The number of nitrogens with one attached hydrogen (secondary N) is 1. The molecule has 0 aliphatic heterocycles. The number of amides is 1. The lowest BCUT2D eigenvalue weighted by molar-refractivity contribution is 0.102. The van der Waals surface area contributed by atoms with Crippen molar-refractivity contribution in [2.45, 2.75) is 0 Å². The molecule has 0 aliphatic rings. The highest BCUT2D eigenvalue weighted by Gasteiger charge is 2.15. The summed E-state index contributed by atoms with van der Waals surface area (Å²) >= 11 is 2.81. The molecular formula is C13H8BrF3N2O. The summed E-state index contributed by atoms with van der Waals surface area (Å²) < 4.78 is 40.3. The van der Waals surface area contributed by atoms with Crippen molar-refractivity contribution in [3.8, 4) is 0 Å². The maximum atomic E-state index is 13.5. The van der Waals surface area contributed by atoms with Crippen LogP contribution in [0.2, 0.25) is 0 Å². The summed E-state index contributed by atoms with van der Waals surface area (Å²) in [7, 11) is 0. The van der Waals surface area contributed by atoms with Crippen LogP contribution in [0.15, 0.2) is 34.8 Å². The van der Waals surface area contributed by atoms with Crippen molar-refractivity contribution in [1.29, 1.82) is 0 Å². The van der Waals surface area contributed by atoms with Crippen molar-refractivity contribution in [2.24, 2.45) is 0 Å². The summed E-state index contributed by atoms with van der Waals surface area (Å²) in [5.41, 5.74) is 4.81. The van der Waals surface area contributed by atoms with Gasteiger partial charge < -0.3 is 11.1 Å². The first-order valence-corrected chi connectivity index (χ1v) is 6.18. The summed E-state index contributed by atoms with van der Waals surface area (Å²) in [5.74, 6) is -3.34. The average Bonchev–Trinajstić information content (AvgIpc) is 2.35. The Morgan fingerprint density at radius 1 is 1.05 bits per heavy atom. The van der Waals surface area contributed by atoms with Gasteiger partial charge in [0, 0.05) is 11.8 Å². The number of rotatable bonds is 2. The summed E-state index contributed by atoms with van der Waals surface area (Å²) in [6.45, 7) is 0. The van der Waals surface area contributed by atoms with Crippen LogP contribution in [0.5, 0.6) is 0 Å². The molecule has 0 aromatic heterocycles. The van der Waals surface area contributed by atoms with E-state index in [1.165, 1.54) is 6.07 Å². The van der Waals surface area contributed by atoms with E-state index < -0.39 is 23.4 Å². The molecule has 0 aliphatic carbocycles. The van der Waals surface area contributed by atoms with Crippen LogP contribution in [0.25, 0.3) is 0 Å². The van der Waals surface area contributed by atoms with E-state index in [0.717, 1.165) is 24.3 Å². The third-order valence-electron chi connectivity index (χ3n) is 2.50. The van der Waals surface area contributed by atoms with Gasteiger partial charge in [-0.15, -0.1) is 0 Å². The fourth-order valence-electron chi connectivity index (χ4n) is 1.52. The molecule has 0 atom stereocenters. The van der Waals surface area contributed by atoms with Gasteiger partial charge in [-0.25, -0.2) is 13.2 Å². The van der Waals surface area contributed by atoms with Gasteiger partial charge in [-0.3, -0.25) is 4.79 Å². The maximum absolute atomic E-state index is 13.5. The van der Waals surface area contributed by atoms with Crippen LogP contribution < -0.4 is 11.1 Å². The monoisotopic (exact) mass is 344 g/mol. The number of hydrogen-bond donors (Lipinski definition) is 2. The molecule has 0 heterocycles. The van der Waals surface area contributed by atoms with Crippen molar-refractivity contribution in [1.82, 2.24) is 0 Å². The first-order chi connectivity index (χ1) is 9.38. The number of benzene rings is 2. The molecule has 104 valence electrons. The zero-order chi connectivity index (χ0) is 14.9. The highest BCUT2D eigenvalue weighted by molar-refractivity contribution is 9.10. The lowest BCUT2D eigenvalue weighted by atomic mass is 10.1. The lowest BCUT2D eigenvalue weighted by Crippen LogP contribution is -2.15. The second-order valence-electron chi connectivity index (χ2n) is 3.94. The Kier molecular flexibility index (Phi) is 3.99. The summed E-state index contributed by atoms with van der Waals surface area (Å²) in [6.07, 6.45) is 0. The van der Waals surface area contributed by atoms with Crippen LogP contribution in [-0.2, 0) is 0 Å². The number of anilines is 2. The van der Waals surface area contributed by atoms with Crippen molar-refractivity contribution in [2.75, 3.05) is 11.1 Å². The molecule has 0 saturated carbocycles. The van der Waals surface area contributed by atoms with Crippen LogP contribution in [-0.4, -0.2) is 5.91 Å². The zero-order valence-corrected chi connectivity index (χ0v) is 11.5. The number of carbonyl (C=O) groups excluding carboxylic acids is 1. The first-order valence-electron chi connectivity index (χ1n) is 5.39. The smallest absolute Gasteiger partial charge is 0.258 e. The third kappa shape index (κ3) is 2.93. The third-order valence-corrected chi connectivity index (χ3v) is 3.10. The van der Waals surface area contributed by atoms with Gasteiger partial charge in [0.1, 0.15) is 17.5 Å². The Morgan fingerprint density at radius 3 is 2.40 bits per heavy atom. The van der Waals surface area contributed by atoms with E-state index in [9.17, 15) is 18.0 Å². The number of nitrogens with two attached hydrogens (primary N) is 1. The molecule has 0 spiro atoms. The molecule has 0 radical (unpaired) electrons. The molecule has 3 N–H and O–H groups in total. The van der Waals surface area contributed by atoms with Crippen molar-refractivity contribution in [3.05, 3.63) is 57.8 Å². The molecule has 0 bridgehead atoms. The van der Waals surface area contributed by atoms with Crippen molar-refractivity contribution >= 4 is 33.2 Å². The minimum absolute atomic E-state index is 0.0772. The fourth-order valence-corrected chi connectivity index (χ4v) is 1.84. The minimum atomic E-state index is -0.900. The normalized spacial score (nSPS) is 10.4. The van der Waals surface area contributed by atoms with Crippen LogP contribution in [0, 0.1) is 17.5 Å². The molecule has 0 fully saturated rings. The van der Waals surface area contributed by atoms with E-state index in [0.29, 0.717) is 0 Å². The Hall–Kier alpha value is -2.02. The van der Waals surface area contributed by atoms with E-state index in [2.05, 4.69) is 21.2 Å². The highest BCUT2D eigenvalue weighted by Crippen LogP contribution is 2.24. The standard InChI is InChI=1S/C13H8BrF3N2O/c14-8-4-11(17)12(5-10(8)16)19-13(20)7-2-1-6(18)3-9(7)15/h1-5H,18H2,(H,19,20). The molecule has 2 aromatic carbocycles. The topological polar surface area (TPSA) is 55.1 Å². The van der Waals surface area contributed by atoms with Gasteiger partial charge in [-0.1, -0.05) is 0 Å². The maximum Gasteiger partial charge on any atom is 0.258 e. The summed E-state index contributed by atoms with van der Waals surface area (Å²) in [5, 5.41) is 2.10. The predicted molar refractivity (Wildman–Crippen MR) is 72.8 cm³/mol. The Morgan fingerprint density at radius 2 is 1.75 bits per heavy atom. The quantitative estimate of drug-likeness (QED) is 0.644. The average molecular weight is 345 g/mol. The zero-order valence-electron chi connectivity index (χ0n) is 9.88. The molecule has 2 rings (SSSR count). The SMILES string of the molecule is Nc1ccc(C(=O)Nc2cc(F)c(Br)cc2F)c(F)c1. The second kappa shape index (κ2) is 5.54. The van der Waals surface area contributed by atoms with Gasteiger partial charge in [0.2, 0.25) is 0 Å². The summed E-state index contributed by atoms with van der Waals surface area (Å²) in [4.78, 5) is 11.8. The van der Waals surface area contributed by atoms with Crippen LogP contribution in [0.3, 0.4) is 0 Å². The predicted octanol–water partition coefficient (Wildman–Crippen LogP) is 3.70. The minimum Gasteiger partial charge on any atom is -0.399 e. The van der Waals surface area contributed by atoms with Gasteiger partial charge in [0.15, 0.2) is 0 Å². The molecule has 2 aromatic rings. The number of carbonyl (C=O) groups is 1. The molecule has 0 saturated heterocycles. The van der Waals surface area contributed by atoms with E-state index in [4.69, 9.17) is 5.73 Å². The largest absolute Gasteiger partial charge is 0.399 e. The highest BCUT2D eigenvalue weighted by atomic mass is 79.9. The van der Waals surface area contributed by atoms with E-state index in [1.54, 1.807) is 0 Å². The second-order valence-corrected chi connectivity index (χ2v) is 4.79. The number of nitrogen functional groups attached to an aromatic ring is 1. The Balaban J connectivity index is 2.30. The molecule has 7 heteroatoms. The van der Waals surface area contributed by atoms with Crippen molar-refractivity contribution < 1.29 is 18.0 Å². The first kappa shape index (κ1) is 14.4. The van der Waals surface area contributed by atoms with E-state index in [-0.39, 0.29) is 21.4 Å². The molecular weight excluding hydrogens is 337 g/mol. The van der Waals surface area contributed by atoms with Gasteiger partial charge >= 0.3 is 0 Å². The Bertz CT molecular complexity index is 692. The molecule has 20 heavy (non-hydrogen) atoms. The van der Waals surface area contributed by atoms with Gasteiger partial charge in [0.05, 0.1) is 15.7 Å². The molecule has 3 nitrogen and oxygen atoms in total. The number of hydrogen-bond acceptors (Lipinski definition) is 2. The fraction of sp³-hybridized carbons (Fsp3) is 0. The van der Waals surface area contributed by atoms with Gasteiger partial charge in [-0.05, 0) is 40.2 Å². The molecule has 0 unspecified atom stereocenters. The van der Waals surface area contributed by atoms with E-state index >= 15 is 0 Å². The number of halogens is 4. The van der Waals surface area contributed by atoms with Gasteiger partial charge in [0.25, 0.3) is 5.91 Å². The molecule has 1 amide bonds. The van der Waals surface area contributed by atoms with E-state index in [1.807, 2.05) is 0 Å². The lowest BCUT2D eigenvalue weighted by Gasteiger charge is -2.08. The van der Waals surface area contributed by atoms with Crippen molar-refractivity contribution in [3.63, 3.8) is 0 Å². The van der Waals surface area contributed by atoms with Crippen LogP contribution in [0.1, 0.15) is 10.4 Å². The van der Waals surface area contributed by atoms with Crippen LogP contribution >= 0.6 is 15.9 Å².